The highest BCUT2D eigenvalue weighted by atomic mass is 16.4. The van der Waals surface area contributed by atoms with Crippen LogP contribution in [-0.4, -0.2) is 29.3 Å². The van der Waals surface area contributed by atoms with Crippen molar-refractivity contribution in [3.05, 3.63) is 29.8 Å². The molecule has 0 bridgehead atoms. The van der Waals surface area contributed by atoms with Crippen molar-refractivity contribution in [3.8, 4) is 0 Å². The molecule has 1 rings (SSSR count). The van der Waals surface area contributed by atoms with Gasteiger partial charge in [0.25, 0.3) is 0 Å². The predicted molar refractivity (Wildman–Crippen MR) is 67.4 cm³/mol. The summed E-state index contributed by atoms with van der Waals surface area (Å²) in [5, 5.41) is 21.0. The highest BCUT2D eigenvalue weighted by Gasteiger charge is 2.10. The third-order valence-electron chi connectivity index (χ3n) is 2.85. The van der Waals surface area contributed by atoms with Gasteiger partial charge in [0.1, 0.15) is 0 Å². The van der Waals surface area contributed by atoms with Crippen molar-refractivity contribution in [2.75, 3.05) is 18.5 Å². The molecule has 1 aromatic carbocycles. The quantitative estimate of drug-likeness (QED) is 0.680. The van der Waals surface area contributed by atoms with E-state index < -0.39 is 5.97 Å². The van der Waals surface area contributed by atoms with E-state index in [1.54, 1.807) is 18.2 Å². The lowest BCUT2D eigenvalue weighted by atomic mass is 10.0. The third kappa shape index (κ3) is 4.07. The molecule has 0 spiro atoms. The van der Waals surface area contributed by atoms with E-state index in [0.717, 1.165) is 12.8 Å². The van der Waals surface area contributed by atoms with E-state index in [-0.39, 0.29) is 12.2 Å². The molecule has 1 unspecified atom stereocenters. The number of hydrogen-bond acceptors (Lipinski definition) is 3. The van der Waals surface area contributed by atoms with Gasteiger partial charge in [-0.1, -0.05) is 25.5 Å². The van der Waals surface area contributed by atoms with Crippen LogP contribution in [0.1, 0.15) is 30.1 Å². The van der Waals surface area contributed by atoms with Crippen molar-refractivity contribution >= 4 is 11.7 Å². The van der Waals surface area contributed by atoms with Gasteiger partial charge in [-0.2, -0.15) is 0 Å². The van der Waals surface area contributed by atoms with Crippen molar-refractivity contribution in [1.29, 1.82) is 0 Å². The maximum atomic E-state index is 11.0. The molecule has 3 N–H and O–H groups in total. The minimum Gasteiger partial charge on any atom is -0.478 e. The van der Waals surface area contributed by atoms with E-state index in [1.165, 1.54) is 0 Å². The lowest BCUT2D eigenvalue weighted by molar-refractivity contribution is 0.0698. The Labute approximate surface area is 101 Å². The molecule has 94 valence electrons. The number of aliphatic hydroxyl groups excluding tert-OH is 1. The number of carboxylic acids is 1. The lowest BCUT2D eigenvalue weighted by Gasteiger charge is -2.16. The summed E-state index contributed by atoms with van der Waals surface area (Å²) in [5.41, 5.74) is 0.919. The third-order valence-corrected chi connectivity index (χ3v) is 2.85. The van der Waals surface area contributed by atoms with Gasteiger partial charge in [-0.25, -0.2) is 4.79 Å². The normalized spacial score (nSPS) is 12.1. The van der Waals surface area contributed by atoms with Crippen LogP contribution >= 0.6 is 0 Å². The summed E-state index contributed by atoms with van der Waals surface area (Å²) in [5.74, 6) is -0.565. The maximum Gasteiger partial charge on any atom is 0.337 e. The number of nitrogens with one attached hydrogen (secondary N) is 1. The van der Waals surface area contributed by atoms with Crippen LogP contribution in [0.5, 0.6) is 0 Å². The first-order valence-electron chi connectivity index (χ1n) is 5.86. The van der Waals surface area contributed by atoms with Crippen molar-refractivity contribution in [2.45, 2.75) is 19.8 Å². The summed E-state index contributed by atoms with van der Waals surface area (Å²) in [7, 11) is 0. The zero-order chi connectivity index (χ0) is 12.7. The minimum absolute atomic E-state index is 0.167. The minimum atomic E-state index is -0.927. The molecule has 0 saturated heterocycles. The largest absolute Gasteiger partial charge is 0.478 e. The van der Waals surface area contributed by atoms with Crippen molar-refractivity contribution in [2.24, 2.45) is 5.92 Å². The van der Waals surface area contributed by atoms with Gasteiger partial charge in [-0.05, 0) is 24.5 Å². The molecule has 0 aromatic heterocycles. The van der Waals surface area contributed by atoms with Gasteiger partial charge in [-0.3, -0.25) is 0 Å². The number of carboxylic acid groups (broad SMARTS) is 1. The summed E-state index contributed by atoms with van der Waals surface area (Å²) in [6.07, 6.45) is 1.70. The zero-order valence-electron chi connectivity index (χ0n) is 10.0. The molecule has 0 saturated carbocycles. The molecule has 0 aliphatic heterocycles. The zero-order valence-corrected chi connectivity index (χ0v) is 10.0. The van der Waals surface area contributed by atoms with Gasteiger partial charge in [0, 0.05) is 18.8 Å². The number of anilines is 1. The fraction of sp³-hybridized carbons (Fsp3) is 0.462. The van der Waals surface area contributed by atoms with Crippen LogP contribution in [0.4, 0.5) is 5.69 Å². The molecular formula is C13H19NO3. The van der Waals surface area contributed by atoms with Crippen molar-refractivity contribution in [3.63, 3.8) is 0 Å². The number of hydrogen-bond donors (Lipinski definition) is 3. The number of carbonyl (C=O) groups is 1. The molecule has 0 fully saturated rings. The Balaban J connectivity index is 2.65. The lowest BCUT2D eigenvalue weighted by Crippen LogP contribution is -2.16. The highest BCUT2D eigenvalue weighted by molar-refractivity contribution is 5.94. The van der Waals surface area contributed by atoms with Crippen LogP contribution < -0.4 is 5.32 Å². The van der Waals surface area contributed by atoms with E-state index in [0.29, 0.717) is 18.2 Å². The van der Waals surface area contributed by atoms with E-state index >= 15 is 0 Å². The number of para-hydroxylation sites is 1. The monoisotopic (exact) mass is 237 g/mol. The molecule has 0 aliphatic carbocycles. The van der Waals surface area contributed by atoms with Crippen molar-refractivity contribution in [1.82, 2.24) is 0 Å². The molecular weight excluding hydrogens is 218 g/mol. The molecule has 4 nitrogen and oxygen atoms in total. The Morgan fingerprint density at radius 3 is 2.71 bits per heavy atom. The van der Waals surface area contributed by atoms with Crippen molar-refractivity contribution < 1.29 is 15.0 Å². The van der Waals surface area contributed by atoms with E-state index in [4.69, 9.17) is 10.2 Å². The van der Waals surface area contributed by atoms with Gasteiger partial charge in [0.05, 0.1) is 5.56 Å². The van der Waals surface area contributed by atoms with E-state index in [2.05, 4.69) is 12.2 Å². The Hall–Kier alpha value is -1.55. The summed E-state index contributed by atoms with van der Waals surface area (Å²) in [4.78, 5) is 11.0. The van der Waals surface area contributed by atoms with Crippen LogP contribution in [0.15, 0.2) is 24.3 Å². The maximum absolute atomic E-state index is 11.0. The van der Waals surface area contributed by atoms with Gasteiger partial charge < -0.3 is 15.5 Å². The standard InChI is InChI=1S/C13H19NO3/c1-2-10(7-8-15)9-14-12-6-4-3-5-11(12)13(16)17/h3-6,10,14-15H,2,7-9H2,1H3,(H,16,17). The van der Waals surface area contributed by atoms with Crippen LogP contribution in [0.25, 0.3) is 0 Å². The first-order chi connectivity index (χ1) is 8.19. The molecule has 1 atom stereocenters. The highest BCUT2D eigenvalue weighted by Crippen LogP contribution is 2.16. The summed E-state index contributed by atoms with van der Waals surface area (Å²) in [6.45, 7) is 2.91. The SMILES string of the molecule is CCC(CCO)CNc1ccccc1C(=O)O. The molecule has 1 aromatic rings. The second kappa shape index (κ2) is 6.91. The van der Waals surface area contributed by atoms with E-state index in [1.807, 2.05) is 6.07 Å². The summed E-state index contributed by atoms with van der Waals surface area (Å²) >= 11 is 0. The smallest absolute Gasteiger partial charge is 0.337 e. The number of rotatable bonds is 7. The van der Waals surface area contributed by atoms with Gasteiger partial charge in [-0.15, -0.1) is 0 Å². The first kappa shape index (κ1) is 13.5. The average molecular weight is 237 g/mol. The van der Waals surface area contributed by atoms with Gasteiger partial charge in [0.2, 0.25) is 0 Å². The molecule has 0 amide bonds. The fourth-order valence-electron chi connectivity index (χ4n) is 1.71. The van der Waals surface area contributed by atoms with Gasteiger partial charge in [0.15, 0.2) is 0 Å². The summed E-state index contributed by atoms with van der Waals surface area (Å²) < 4.78 is 0. The summed E-state index contributed by atoms with van der Waals surface area (Å²) in [6, 6.07) is 6.86. The molecule has 17 heavy (non-hydrogen) atoms. The Kier molecular flexibility index (Phi) is 5.49. The second-order valence-electron chi connectivity index (χ2n) is 4.02. The predicted octanol–water partition coefficient (Wildman–Crippen LogP) is 2.21. The van der Waals surface area contributed by atoms with Gasteiger partial charge >= 0.3 is 5.97 Å². The number of benzene rings is 1. The average Bonchev–Trinajstić information content (AvgIpc) is 2.34. The Morgan fingerprint density at radius 1 is 1.41 bits per heavy atom. The molecule has 0 heterocycles. The fourth-order valence-corrected chi connectivity index (χ4v) is 1.71. The molecule has 0 radical (unpaired) electrons. The van der Waals surface area contributed by atoms with Crippen LogP contribution in [0.2, 0.25) is 0 Å². The molecule has 0 aliphatic rings. The Bertz CT molecular complexity index is 365. The Morgan fingerprint density at radius 2 is 2.12 bits per heavy atom. The first-order valence-corrected chi connectivity index (χ1v) is 5.86. The van der Waals surface area contributed by atoms with Crippen LogP contribution in [0.3, 0.4) is 0 Å². The molecule has 4 heteroatoms. The van der Waals surface area contributed by atoms with E-state index in [9.17, 15) is 4.79 Å². The van der Waals surface area contributed by atoms with Crippen LogP contribution in [-0.2, 0) is 0 Å². The van der Waals surface area contributed by atoms with Crippen LogP contribution in [0, 0.1) is 5.92 Å². The number of aliphatic hydroxyl groups is 1. The second-order valence-corrected chi connectivity index (χ2v) is 4.02. The topological polar surface area (TPSA) is 69.6 Å². The number of aromatic carboxylic acids is 1.